The van der Waals surface area contributed by atoms with Gasteiger partial charge in [0.15, 0.2) is 0 Å². The third-order valence-corrected chi connectivity index (χ3v) is 10.5. The molecule has 2 aromatic carbocycles. The number of hydrogen-bond donors (Lipinski definition) is 1. The van der Waals surface area contributed by atoms with Gasteiger partial charge in [-0.3, -0.25) is 4.55 Å². The molecule has 13 heteroatoms. The van der Waals surface area contributed by atoms with E-state index in [2.05, 4.69) is 49.8 Å². The van der Waals surface area contributed by atoms with Crippen molar-refractivity contribution in [2.75, 3.05) is 5.75 Å². The number of alkyl halides is 6. The van der Waals surface area contributed by atoms with E-state index in [9.17, 15) is 39.6 Å². The van der Waals surface area contributed by atoms with Crippen LogP contribution in [-0.2, 0) is 30.5 Å². The number of carbonyl (C=O) groups is 1. The Labute approximate surface area is 253 Å². The summed E-state index contributed by atoms with van der Waals surface area (Å²) in [5, 5.41) is 0. The minimum atomic E-state index is -6.37. The molecule has 0 bridgehead atoms. The van der Waals surface area contributed by atoms with Crippen LogP contribution in [0.1, 0.15) is 72.4 Å². The van der Waals surface area contributed by atoms with E-state index in [4.69, 9.17) is 4.55 Å². The molecule has 0 fully saturated rings. The van der Waals surface area contributed by atoms with Crippen LogP contribution in [-0.4, -0.2) is 42.6 Å². The average Bonchev–Trinajstić information content (AvgIpc) is 2.80. The quantitative estimate of drug-likeness (QED) is 0.169. The molecule has 0 aromatic heterocycles. The third-order valence-electron chi connectivity index (χ3n) is 7.05. The van der Waals surface area contributed by atoms with Gasteiger partial charge in [0.05, 0.1) is 0 Å². The van der Waals surface area contributed by atoms with Crippen molar-refractivity contribution in [2.24, 2.45) is 5.41 Å². The van der Waals surface area contributed by atoms with Gasteiger partial charge >= 0.3 is 205 Å². The van der Waals surface area contributed by atoms with Crippen LogP contribution in [0, 0.1) is 12.6 Å². The van der Waals surface area contributed by atoms with Crippen LogP contribution in [0.3, 0.4) is 0 Å². The smallest absolute Gasteiger partial charge is 0.285 e. The molecule has 0 amide bonds. The van der Waals surface area contributed by atoms with Crippen molar-refractivity contribution >= 4 is 16.1 Å². The Hall–Kier alpha value is -1.87. The molecule has 0 aliphatic rings. The molecule has 238 valence electrons. The van der Waals surface area contributed by atoms with Crippen LogP contribution in [0.5, 0.6) is 0 Å². The Balaban J connectivity index is 2.18. The minimum absolute atomic E-state index is 0.0508. The second-order valence-corrected chi connectivity index (χ2v) is 17.0. The van der Waals surface area contributed by atoms with E-state index in [1.165, 1.54) is 9.13 Å². The van der Waals surface area contributed by atoms with Crippen molar-refractivity contribution in [1.29, 1.82) is 0 Å². The van der Waals surface area contributed by atoms with Crippen molar-refractivity contribution in [3.8, 4) is 0 Å². The normalized spacial score (nSPS) is 14.2. The summed E-state index contributed by atoms with van der Waals surface area (Å²) in [6.07, 6.45) is -12.7. The molecule has 0 aliphatic carbocycles. The summed E-state index contributed by atoms with van der Waals surface area (Å²) in [4.78, 5) is 12.7. The van der Waals surface area contributed by atoms with E-state index in [1.54, 1.807) is 0 Å². The zero-order chi connectivity index (χ0) is 32.6. The molecule has 0 aliphatic heterocycles. The molecule has 5 nitrogen and oxygen atoms in total. The number of halogens is 7. The Morgan fingerprint density at radius 2 is 1.14 bits per heavy atom. The maximum absolute atomic E-state index is 13.6. The molecule has 0 radical (unpaired) electrons. The fourth-order valence-corrected chi connectivity index (χ4v) is 7.05. The van der Waals surface area contributed by atoms with Crippen LogP contribution in [0.2, 0.25) is 0 Å². The van der Waals surface area contributed by atoms with Crippen molar-refractivity contribution in [3.63, 3.8) is 0 Å². The predicted octanol–water partition coefficient (Wildman–Crippen LogP) is 4.49. The molecule has 2 rings (SSSR count). The number of hydrogen-bond acceptors (Lipinski definition) is 4. The Morgan fingerprint density at radius 1 is 0.738 bits per heavy atom. The summed E-state index contributed by atoms with van der Waals surface area (Å²) in [7, 11) is -5.86. The standard InChI is InChI=1S/C29H36F6IO5S/c1-24(2,3)19-8-12-21(13-9-19)36-22-14-10-20(11-15-22)25(4,5)16-17-26(6,7)23(37)41-27(28(30,31)32,29(33,34)35)18-42(38,39)40/h8-15H,16-18H2,1-7H3,(H,38,39,40)/q-1. The van der Waals surface area contributed by atoms with E-state index in [0.29, 0.717) is 0 Å². The number of carbonyl (C=O) groups excluding carboxylic acids is 1. The summed E-state index contributed by atoms with van der Waals surface area (Å²) in [5.74, 6) is -4.80. The number of ether oxygens (including phenoxy) is 1. The van der Waals surface area contributed by atoms with E-state index >= 15 is 0 Å². The minimum Gasteiger partial charge on any atom is -0.285 e. The first kappa shape index (κ1) is 36.3. The van der Waals surface area contributed by atoms with Gasteiger partial charge in [-0.2, -0.15) is 34.8 Å². The van der Waals surface area contributed by atoms with Gasteiger partial charge in [-0.15, -0.1) is 0 Å². The van der Waals surface area contributed by atoms with E-state index in [1.807, 2.05) is 38.1 Å². The number of esters is 1. The second kappa shape index (κ2) is 12.3. The number of rotatable bonds is 10. The first-order valence-electron chi connectivity index (χ1n) is 12.9. The molecule has 42 heavy (non-hydrogen) atoms. The summed E-state index contributed by atoms with van der Waals surface area (Å²) in [6, 6.07) is 16.3. The van der Waals surface area contributed by atoms with Crippen LogP contribution in [0.15, 0.2) is 48.5 Å². The SMILES string of the molecule is CC(C)(CCC(C)(C)c1ccc([I-]c2ccc(C(C)(C)C)cc2)cc1)C(=O)OC(CS(=O)(=O)O)(C(F)(F)F)C(F)(F)F. The molecule has 1 N–H and O–H groups in total. The van der Waals surface area contributed by atoms with Crippen LogP contribution in [0.4, 0.5) is 26.3 Å². The first-order chi connectivity index (χ1) is 18.7. The average molecular weight is 738 g/mol. The van der Waals surface area contributed by atoms with Gasteiger partial charge in [-0.05, 0) is 0 Å². The monoisotopic (exact) mass is 737 g/mol. The first-order valence-corrected chi connectivity index (χ1v) is 16.6. The van der Waals surface area contributed by atoms with Gasteiger partial charge < -0.3 is 0 Å². The van der Waals surface area contributed by atoms with Crippen molar-refractivity contribution < 1.29 is 70.0 Å². The molecule has 0 atom stereocenters. The fraction of sp³-hybridized carbons (Fsp3) is 0.552. The molecular formula is C29H36F6IO5S-. The van der Waals surface area contributed by atoms with Crippen molar-refractivity contribution in [1.82, 2.24) is 0 Å². The fourth-order valence-electron chi connectivity index (χ4n) is 4.00. The predicted molar refractivity (Wildman–Crippen MR) is 142 cm³/mol. The topological polar surface area (TPSA) is 80.7 Å². The Kier molecular flexibility index (Phi) is 10.6. The molecule has 0 heterocycles. The Bertz CT molecular complexity index is 1330. The summed E-state index contributed by atoms with van der Waals surface area (Å²) in [5.41, 5.74) is -5.77. The van der Waals surface area contributed by atoms with Crippen molar-refractivity contribution in [2.45, 2.75) is 90.1 Å². The van der Waals surface area contributed by atoms with Crippen molar-refractivity contribution in [3.05, 3.63) is 66.8 Å². The van der Waals surface area contributed by atoms with E-state index < -0.39 is 71.8 Å². The zero-order valence-corrected chi connectivity index (χ0v) is 27.3. The van der Waals surface area contributed by atoms with Crippen LogP contribution < -0.4 is 21.2 Å². The van der Waals surface area contributed by atoms with Gasteiger partial charge in [0.1, 0.15) is 0 Å². The number of benzene rings is 2. The summed E-state index contributed by atoms with van der Waals surface area (Å²) in [6.45, 7) is 12.3. The van der Waals surface area contributed by atoms with Gasteiger partial charge in [0.25, 0.3) is 10.1 Å². The van der Waals surface area contributed by atoms with Crippen LogP contribution in [0.25, 0.3) is 0 Å². The third kappa shape index (κ3) is 9.07. The van der Waals surface area contributed by atoms with Gasteiger partial charge in [-0.1, -0.05) is 0 Å². The summed E-state index contributed by atoms with van der Waals surface area (Å²) >= 11 is -0.456. The molecule has 0 saturated carbocycles. The van der Waals surface area contributed by atoms with Gasteiger partial charge in [-0.25, -0.2) is 0 Å². The molecule has 0 saturated heterocycles. The Morgan fingerprint density at radius 3 is 1.50 bits per heavy atom. The zero-order valence-electron chi connectivity index (χ0n) is 24.4. The molecule has 2 aromatic rings. The van der Waals surface area contributed by atoms with Gasteiger partial charge in [0, 0.05) is 0 Å². The van der Waals surface area contributed by atoms with E-state index in [0.717, 1.165) is 23.0 Å². The molecular weight excluding hydrogens is 701 g/mol. The second-order valence-electron chi connectivity index (χ2n) is 12.6. The maximum atomic E-state index is 13.6. The molecule has 0 spiro atoms. The van der Waals surface area contributed by atoms with Gasteiger partial charge in [0.2, 0.25) is 0 Å². The van der Waals surface area contributed by atoms with E-state index in [-0.39, 0.29) is 18.3 Å². The molecule has 0 unspecified atom stereocenters. The summed E-state index contributed by atoms with van der Waals surface area (Å²) < 4.78 is 119. The van der Waals surface area contributed by atoms with Crippen LogP contribution >= 0.6 is 0 Å².